The highest BCUT2D eigenvalue weighted by Crippen LogP contribution is 2.43. The highest BCUT2D eigenvalue weighted by atomic mass is 31.2. The van der Waals surface area contributed by atoms with Crippen LogP contribution in [0.1, 0.15) is 399 Å². The minimum Gasteiger partial charge on any atom is -0.462 e. The summed E-state index contributed by atoms with van der Waals surface area (Å²) in [5.41, 5.74) is 5.42. The predicted octanol–water partition coefficient (Wildman–Crippen LogP) is 28.0. The molecular weight excluding hydrogens is 1220 g/mol. The van der Waals surface area contributed by atoms with Crippen LogP contribution in [0, 0.1) is 0 Å². The number of carbonyl (C=O) groups excluding carboxylic acids is 2. The van der Waals surface area contributed by atoms with Crippen LogP contribution < -0.4 is 5.73 Å². The van der Waals surface area contributed by atoms with E-state index in [4.69, 9.17) is 24.3 Å². The monoisotopic (exact) mass is 1370 g/mol. The molecule has 0 aromatic carbocycles. The lowest BCUT2D eigenvalue weighted by Gasteiger charge is -2.19. The Balaban J connectivity index is 3.82. The molecule has 10 heteroatoms. The van der Waals surface area contributed by atoms with Gasteiger partial charge in [0.15, 0.2) is 6.10 Å². The fourth-order valence-corrected chi connectivity index (χ4v) is 12.9. The van der Waals surface area contributed by atoms with E-state index in [-0.39, 0.29) is 38.6 Å². The smallest absolute Gasteiger partial charge is 0.462 e. The summed E-state index contributed by atoms with van der Waals surface area (Å²) in [4.78, 5) is 35.5. The summed E-state index contributed by atoms with van der Waals surface area (Å²) in [6, 6.07) is 0. The summed E-state index contributed by atoms with van der Waals surface area (Å²) in [6.45, 7) is 3.68. The Bertz CT molecular complexity index is 1970. The third kappa shape index (κ3) is 81.5. The van der Waals surface area contributed by atoms with Crippen molar-refractivity contribution in [2.75, 3.05) is 26.4 Å². The molecule has 0 radical (unpaired) electrons. The molecule has 0 rings (SSSR count). The van der Waals surface area contributed by atoms with Gasteiger partial charge in [-0.3, -0.25) is 18.6 Å². The van der Waals surface area contributed by atoms with E-state index in [2.05, 4.69) is 123 Å². The van der Waals surface area contributed by atoms with Crippen LogP contribution >= 0.6 is 7.82 Å². The predicted molar refractivity (Wildman–Crippen MR) is 422 cm³/mol. The van der Waals surface area contributed by atoms with Crippen LogP contribution in [0.5, 0.6) is 0 Å². The zero-order valence-electron chi connectivity index (χ0n) is 63.6. The SMILES string of the molecule is CC/C=C\C/C=C\C/C=C\C/C=C\C/C=C\C/C=C\C/C=C\C/C=C\C/C=C\CCCCCCCCCCCCCC(=O)OC(COC(=O)CCCCCCCCCCCCCCCCCCCCCCCCCCCCCCCCCCCCCCC)COP(=O)(O)OCCN. The van der Waals surface area contributed by atoms with E-state index in [0.717, 1.165) is 103 Å². The number of carbonyl (C=O) groups is 2. The molecule has 0 bridgehead atoms. The zero-order chi connectivity index (χ0) is 70.0. The molecule has 0 aliphatic heterocycles. The normalized spacial score (nSPS) is 13.4. The lowest BCUT2D eigenvalue weighted by molar-refractivity contribution is -0.161. The number of rotatable bonds is 78. The van der Waals surface area contributed by atoms with E-state index in [9.17, 15) is 19.0 Å². The number of nitrogens with two attached hydrogens (primary N) is 1. The number of esters is 2. The lowest BCUT2D eigenvalue weighted by atomic mass is 10.0. The molecule has 0 saturated heterocycles. The molecule has 0 aliphatic carbocycles. The molecule has 0 amide bonds. The molecule has 0 aliphatic rings. The van der Waals surface area contributed by atoms with Crippen molar-refractivity contribution in [3.63, 3.8) is 0 Å². The zero-order valence-corrected chi connectivity index (χ0v) is 64.4. The number of unbranched alkanes of at least 4 members (excludes halogenated alkanes) is 47. The van der Waals surface area contributed by atoms with E-state index in [1.54, 1.807) is 0 Å². The number of ether oxygens (including phenoxy) is 2. The Morgan fingerprint density at radius 1 is 0.320 bits per heavy atom. The first-order chi connectivity index (χ1) is 47.8. The van der Waals surface area contributed by atoms with Crippen molar-refractivity contribution >= 4 is 19.8 Å². The number of hydrogen-bond donors (Lipinski definition) is 2. The van der Waals surface area contributed by atoms with Crippen LogP contribution in [-0.2, 0) is 32.7 Å². The average Bonchev–Trinajstić information content (AvgIpc) is 2.88. The Morgan fingerprint density at radius 3 is 0.845 bits per heavy atom. The van der Waals surface area contributed by atoms with Crippen molar-refractivity contribution in [1.29, 1.82) is 0 Å². The first-order valence-electron chi connectivity index (χ1n) is 41.4. The van der Waals surface area contributed by atoms with Crippen LogP contribution in [-0.4, -0.2) is 49.3 Å². The molecule has 0 saturated carbocycles. The third-order valence-corrected chi connectivity index (χ3v) is 19.2. The molecule has 562 valence electrons. The number of hydrogen-bond acceptors (Lipinski definition) is 8. The van der Waals surface area contributed by atoms with Gasteiger partial charge in [-0.15, -0.1) is 0 Å². The van der Waals surface area contributed by atoms with Crippen LogP contribution in [0.3, 0.4) is 0 Å². The van der Waals surface area contributed by atoms with Gasteiger partial charge in [0.2, 0.25) is 0 Å². The first kappa shape index (κ1) is 93.7. The van der Waals surface area contributed by atoms with Gasteiger partial charge in [-0.2, -0.15) is 0 Å². The van der Waals surface area contributed by atoms with Crippen molar-refractivity contribution in [1.82, 2.24) is 0 Å². The van der Waals surface area contributed by atoms with Crippen LogP contribution in [0.2, 0.25) is 0 Å². The molecule has 2 unspecified atom stereocenters. The van der Waals surface area contributed by atoms with Gasteiger partial charge < -0.3 is 20.1 Å². The van der Waals surface area contributed by atoms with Gasteiger partial charge in [0.25, 0.3) is 0 Å². The fourth-order valence-electron chi connectivity index (χ4n) is 12.1. The van der Waals surface area contributed by atoms with Gasteiger partial charge in [-0.05, 0) is 83.5 Å². The molecule has 0 heterocycles. The molecule has 97 heavy (non-hydrogen) atoms. The van der Waals surface area contributed by atoms with Gasteiger partial charge in [-0.25, -0.2) is 4.57 Å². The van der Waals surface area contributed by atoms with Crippen LogP contribution in [0.25, 0.3) is 0 Å². The highest BCUT2D eigenvalue weighted by molar-refractivity contribution is 7.47. The summed E-state index contributed by atoms with van der Waals surface area (Å²) in [6.07, 6.45) is 114. The van der Waals surface area contributed by atoms with Gasteiger partial charge in [0.05, 0.1) is 13.2 Å². The minimum absolute atomic E-state index is 0.0507. The number of allylic oxidation sites excluding steroid dienone is 18. The van der Waals surface area contributed by atoms with E-state index < -0.39 is 26.5 Å². The molecule has 0 fully saturated rings. The second-order valence-corrected chi connectivity index (χ2v) is 29.1. The standard InChI is InChI=1S/C87H156NO8P/c1-3-5-7-9-11-13-15-17-19-21-23-25-27-29-31-33-35-37-39-41-42-44-46-48-50-52-54-56-58-60-62-64-66-68-70-72-74-76-78-80-87(90)96-85(84-95-97(91,92)94-82-81-88)83-93-86(89)79-77-75-73-71-69-67-65-63-61-59-57-55-53-51-49-47-45-43-40-38-36-34-32-30-28-26-24-22-20-18-16-14-12-10-8-6-4-2/h5,7,11,13,17,19,23,25,29,31,35,37,41-42,46,48,52,54,85H,3-4,6,8-10,12,14-16,18,20-22,24,26-28,30,32-34,36,38-40,43-45,47,49-51,53,55-84,88H2,1-2H3,(H,91,92)/b7-5-,13-11-,19-17-,25-23-,31-29-,37-35-,42-41-,48-46-,54-52-. The second kappa shape index (κ2) is 81.6. The Kier molecular flexibility index (Phi) is 78.8. The Morgan fingerprint density at radius 2 is 0.567 bits per heavy atom. The summed E-state index contributed by atoms with van der Waals surface area (Å²) < 4.78 is 33.3. The van der Waals surface area contributed by atoms with Crippen molar-refractivity contribution in [2.45, 2.75) is 405 Å². The summed E-state index contributed by atoms with van der Waals surface area (Å²) in [5.74, 6) is -0.818. The van der Waals surface area contributed by atoms with Crippen molar-refractivity contribution in [3.8, 4) is 0 Å². The average molecular weight is 1380 g/mol. The summed E-state index contributed by atoms with van der Waals surface area (Å²) in [5, 5.41) is 0. The first-order valence-corrected chi connectivity index (χ1v) is 42.9. The highest BCUT2D eigenvalue weighted by Gasteiger charge is 2.26. The van der Waals surface area contributed by atoms with E-state index in [1.807, 2.05) is 0 Å². The quantitative estimate of drug-likeness (QED) is 0.0264. The van der Waals surface area contributed by atoms with E-state index >= 15 is 0 Å². The lowest BCUT2D eigenvalue weighted by Crippen LogP contribution is -2.29. The van der Waals surface area contributed by atoms with Crippen molar-refractivity contribution in [3.05, 3.63) is 109 Å². The number of phosphoric acid groups is 1. The maximum Gasteiger partial charge on any atom is 0.472 e. The van der Waals surface area contributed by atoms with E-state index in [1.165, 1.54) is 263 Å². The summed E-state index contributed by atoms with van der Waals surface area (Å²) >= 11 is 0. The van der Waals surface area contributed by atoms with Crippen molar-refractivity contribution < 1.29 is 37.6 Å². The van der Waals surface area contributed by atoms with Gasteiger partial charge >= 0.3 is 19.8 Å². The van der Waals surface area contributed by atoms with Crippen LogP contribution in [0.15, 0.2) is 109 Å². The molecule has 0 spiro atoms. The van der Waals surface area contributed by atoms with Gasteiger partial charge in [0.1, 0.15) is 6.61 Å². The molecular formula is C87H156NO8P. The largest absolute Gasteiger partial charge is 0.472 e. The van der Waals surface area contributed by atoms with Gasteiger partial charge in [0, 0.05) is 19.4 Å². The van der Waals surface area contributed by atoms with Crippen molar-refractivity contribution in [2.24, 2.45) is 5.73 Å². The van der Waals surface area contributed by atoms with Crippen LogP contribution in [0.4, 0.5) is 0 Å². The van der Waals surface area contributed by atoms with E-state index in [0.29, 0.717) is 6.42 Å². The van der Waals surface area contributed by atoms with Gasteiger partial charge in [-0.1, -0.05) is 412 Å². The fraction of sp³-hybridized carbons (Fsp3) is 0.770. The number of phosphoric ester groups is 1. The topological polar surface area (TPSA) is 134 Å². The molecule has 2 atom stereocenters. The maximum absolute atomic E-state index is 12.8. The Labute approximate surface area is 600 Å². The Hall–Kier alpha value is -3.33. The second-order valence-electron chi connectivity index (χ2n) is 27.6. The minimum atomic E-state index is -4.40. The molecule has 9 nitrogen and oxygen atoms in total. The molecule has 3 N–H and O–H groups in total. The molecule has 0 aromatic heterocycles. The maximum atomic E-state index is 12.8. The third-order valence-electron chi connectivity index (χ3n) is 18.2. The summed E-state index contributed by atoms with van der Waals surface area (Å²) in [7, 11) is -4.40. The molecule has 0 aromatic rings.